The molecule has 0 fully saturated rings. The van der Waals surface area contributed by atoms with Gasteiger partial charge in [0.1, 0.15) is 0 Å². The van der Waals surface area contributed by atoms with Crippen molar-refractivity contribution >= 4 is 23.2 Å². The van der Waals surface area contributed by atoms with E-state index in [2.05, 4.69) is 19.1 Å². The van der Waals surface area contributed by atoms with Crippen molar-refractivity contribution in [2.24, 2.45) is 0 Å². The van der Waals surface area contributed by atoms with Crippen molar-refractivity contribution in [3.8, 4) is 0 Å². The molecule has 1 heterocycles. The van der Waals surface area contributed by atoms with Crippen LogP contribution in [0.4, 0.5) is 0 Å². The molecule has 0 aliphatic heterocycles. The highest BCUT2D eigenvalue weighted by atomic mass is 32.1. The zero-order valence-corrected chi connectivity index (χ0v) is 15.1. The van der Waals surface area contributed by atoms with Gasteiger partial charge in [-0.15, -0.1) is 11.3 Å². The summed E-state index contributed by atoms with van der Waals surface area (Å²) < 4.78 is 0. The summed E-state index contributed by atoms with van der Waals surface area (Å²) in [5.74, 6) is -0.812. The van der Waals surface area contributed by atoms with Gasteiger partial charge in [0.15, 0.2) is 0 Å². The molecule has 2 rings (SSSR count). The average Bonchev–Trinajstić information content (AvgIpc) is 2.95. The molecule has 4 nitrogen and oxygen atoms in total. The zero-order valence-electron chi connectivity index (χ0n) is 14.3. The van der Waals surface area contributed by atoms with Crippen LogP contribution in [0.1, 0.15) is 45.9 Å². The molecule has 0 unspecified atom stereocenters. The van der Waals surface area contributed by atoms with E-state index in [1.165, 1.54) is 9.75 Å². The van der Waals surface area contributed by atoms with Gasteiger partial charge in [-0.25, -0.2) is 4.79 Å². The number of hydrogen-bond acceptors (Lipinski definition) is 3. The summed E-state index contributed by atoms with van der Waals surface area (Å²) in [7, 11) is 0. The smallest absolute Gasteiger partial charge is 0.335 e. The van der Waals surface area contributed by atoms with Gasteiger partial charge >= 0.3 is 5.97 Å². The van der Waals surface area contributed by atoms with E-state index < -0.39 is 5.97 Å². The predicted octanol–water partition coefficient (Wildman–Crippen LogP) is 4.12. The third-order valence-corrected chi connectivity index (χ3v) is 4.88. The minimum atomic E-state index is -0.935. The summed E-state index contributed by atoms with van der Waals surface area (Å²) in [6, 6.07) is 11.0. The van der Waals surface area contributed by atoms with Gasteiger partial charge in [0.25, 0.3) is 0 Å². The van der Waals surface area contributed by atoms with Crippen molar-refractivity contribution in [2.45, 2.75) is 46.2 Å². The lowest BCUT2D eigenvalue weighted by Gasteiger charge is -2.26. The van der Waals surface area contributed by atoms with Crippen molar-refractivity contribution in [3.63, 3.8) is 0 Å². The van der Waals surface area contributed by atoms with Gasteiger partial charge in [-0.1, -0.05) is 12.1 Å². The molecular weight excluding hydrogens is 322 g/mol. The van der Waals surface area contributed by atoms with Crippen LogP contribution in [0, 0.1) is 6.92 Å². The maximum absolute atomic E-state index is 12.6. The van der Waals surface area contributed by atoms with Crippen LogP contribution < -0.4 is 0 Å². The van der Waals surface area contributed by atoms with Crippen LogP contribution in [-0.4, -0.2) is 27.9 Å². The third-order valence-electron chi connectivity index (χ3n) is 3.89. The van der Waals surface area contributed by atoms with Gasteiger partial charge in [-0.05, 0) is 57.0 Å². The number of carbonyl (C=O) groups is 2. The van der Waals surface area contributed by atoms with Crippen molar-refractivity contribution < 1.29 is 14.7 Å². The fourth-order valence-corrected chi connectivity index (χ4v) is 3.39. The normalized spacial score (nSPS) is 10.8. The highest BCUT2D eigenvalue weighted by Crippen LogP contribution is 2.19. The number of aromatic carboxylic acids is 1. The van der Waals surface area contributed by atoms with Gasteiger partial charge < -0.3 is 10.0 Å². The fourth-order valence-electron chi connectivity index (χ4n) is 2.51. The first-order valence-electron chi connectivity index (χ1n) is 8.04. The summed E-state index contributed by atoms with van der Waals surface area (Å²) in [5, 5.41) is 8.91. The van der Waals surface area contributed by atoms with Gasteiger partial charge in [-0.3, -0.25) is 4.79 Å². The van der Waals surface area contributed by atoms with Crippen LogP contribution in [0.25, 0.3) is 0 Å². The minimum Gasteiger partial charge on any atom is -0.478 e. The van der Waals surface area contributed by atoms with E-state index in [-0.39, 0.29) is 17.5 Å². The Morgan fingerprint density at radius 2 is 1.79 bits per heavy atom. The monoisotopic (exact) mass is 345 g/mol. The number of carboxylic acids is 1. The largest absolute Gasteiger partial charge is 0.478 e. The first-order chi connectivity index (χ1) is 11.4. The second-order valence-electron chi connectivity index (χ2n) is 6.13. The molecule has 1 aromatic carbocycles. The molecule has 1 amide bonds. The predicted molar refractivity (Wildman–Crippen MR) is 96.5 cm³/mol. The Morgan fingerprint density at radius 3 is 2.29 bits per heavy atom. The number of aryl methyl sites for hydroxylation is 2. The summed E-state index contributed by atoms with van der Waals surface area (Å²) in [6.07, 6.45) is 1.04. The van der Waals surface area contributed by atoms with E-state index in [9.17, 15) is 9.59 Å². The Kier molecular flexibility index (Phi) is 6.15. The zero-order chi connectivity index (χ0) is 17.7. The van der Waals surface area contributed by atoms with Gasteiger partial charge in [0, 0.05) is 22.2 Å². The SMILES string of the molecule is Cc1ccc(CN(C(=O)CCc2ccc(C(=O)O)cc2)C(C)C)s1. The molecule has 5 heteroatoms. The summed E-state index contributed by atoms with van der Waals surface area (Å²) in [4.78, 5) is 27.8. The van der Waals surface area contributed by atoms with E-state index in [0.29, 0.717) is 19.4 Å². The van der Waals surface area contributed by atoms with Crippen molar-refractivity contribution in [2.75, 3.05) is 0 Å². The van der Waals surface area contributed by atoms with Gasteiger partial charge in [0.05, 0.1) is 12.1 Å². The average molecular weight is 345 g/mol. The standard InChI is InChI=1S/C19H23NO3S/c1-13(2)20(12-17-10-4-14(3)24-17)18(21)11-7-15-5-8-16(9-6-15)19(22)23/h4-6,8-10,13H,7,11-12H2,1-3H3,(H,22,23). The lowest BCUT2D eigenvalue weighted by Crippen LogP contribution is -2.36. The van der Waals surface area contributed by atoms with E-state index in [4.69, 9.17) is 5.11 Å². The number of hydrogen-bond donors (Lipinski definition) is 1. The van der Waals surface area contributed by atoms with Crippen molar-refractivity contribution in [1.82, 2.24) is 4.90 Å². The molecule has 0 radical (unpaired) electrons. The Balaban J connectivity index is 1.96. The van der Waals surface area contributed by atoms with Gasteiger partial charge in [0.2, 0.25) is 5.91 Å². The number of nitrogens with zero attached hydrogens (tertiary/aromatic N) is 1. The quantitative estimate of drug-likeness (QED) is 0.821. The van der Waals surface area contributed by atoms with E-state index in [0.717, 1.165) is 5.56 Å². The summed E-state index contributed by atoms with van der Waals surface area (Å²) in [6.45, 7) is 6.77. The van der Waals surface area contributed by atoms with Gasteiger partial charge in [-0.2, -0.15) is 0 Å². The van der Waals surface area contributed by atoms with Crippen LogP contribution in [0.5, 0.6) is 0 Å². The fraction of sp³-hybridized carbons (Fsp3) is 0.368. The van der Waals surface area contributed by atoms with Crippen LogP contribution in [0.3, 0.4) is 0 Å². The van der Waals surface area contributed by atoms with E-state index in [1.54, 1.807) is 35.6 Å². The highest BCUT2D eigenvalue weighted by Gasteiger charge is 2.18. The summed E-state index contributed by atoms with van der Waals surface area (Å²) >= 11 is 1.72. The number of carboxylic acid groups (broad SMARTS) is 1. The number of thiophene rings is 1. The molecule has 1 N–H and O–H groups in total. The Hall–Kier alpha value is -2.14. The molecule has 24 heavy (non-hydrogen) atoms. The van der Waals surface area contributed by atoms with E-state index in [1.807, 2.05) is 18.7 Å². The lowest BCUT2D eigenvalue weighted by atomic mass is 10.1. The molecule has 2 aromatic rings. The topological polar surface area (TPSA) is 57.6 Å². The Morgan fingerprint density at radius 1 is 1.12 bits per heavy atom. The molecule has 0 bridgehead atoms. The Labute approximate surface area is 146 Å². The second-order valence-corrected chi connectivity index (χ2v) is 7.50. The summed E-state index contributed by atoms with van der Waals surface area (Å²) in [5.41, 5.74) is 1.24. The molecule has 0 spiro atoms. The first-order valence-corrected chi connectivity index (χ1v) is 8.85. The number of amides is 1. The maximum atomic E-state index is 12.6. The lowest BCUT2D eigenvalue weighted by molar-refractivity contribution is -0.133. The molecule has 0 aliphatic carbocycles. The number of benzene rings is 1. The number of rotatable bonds is 7. The minimum absolute atomic E-state index is 0.123. The van der Waals surface area contributed by atoms with Crippen LogP contribution in [0.15, 0.2) is 36.4 Å². The van der Waals surface area contributed by atoms with Crippen LogP contribution in [-0.2, 0) is 17.8 Å². The Bertz CT molecular complexity index is 704. The molecule has 0 atom stereocenters. The van der Waals surface area contributed by atoms with Crippen LogP contribution in [0.2, 0.25) is 0 Å². The van der Waals surface area contributed by atoms with Crippen molar-refractivity contribution in [3.05, 3.63) is 57.3 Å². The second kappa shape index (κ2) is 8.11. The molecule has 0 aliphatic rings. The highest BCUT2D eigenvalue weighted by molar-refractivity contribution is 7.11. The number of carbonyl (C=O) groups excluding carboxylic acids is 1. The molecule has 0 saturated heterocycles. The first kappa shape index (κ1) is 18.2. The van der Waals surface area contributed by atoms with Crippen LogP contribution >= 0.6 is 11.3 Å². The molecule has 128 valence electrons. The van der Waals surface area contributed by atoms with Crippen molar-refractivity contribution in [1.29, 1.82) is 0 Å². The maximum Gasteiger partial charge on any atom is 0.335 e. The molecule has 0 saturated carbocycles. The molecular formula is C19H23NO3S. The molecule has 1 aromatic heterocycles. The van der Waals surface area contributed by atoms with E-state index >= 15 is 0 Å². The third kappa shape index (κ3) is 4.93.